The Balaban J connectivity index is 1.57. The van der Waals surface area contributed by atoms with Gasteiger partial charge in [-0.25, -0.2) is 0 Å². The Bertz CT molecular complexity index is 1200. The number of nitriles is 1. The third-order valence-corrected chi connectivity index (χ3v) is 7.16. The van der Waals surface area contributed by atoms with Crippen LogP contribution in [0, 0.1) is 11.3 Å². The summed E-state index contributed by atoms with van der Waals surface area (Å²) in [5.41, 5.74) is 4.77. The van der Waals surface area contributed by atoms with Crippen molar-refractivity contribution in [2.75, 3.05) is 18.0 Å². The van der Waals surface area contributed by atoms with E-state index in [1.807, 2.05) is 35.2 Å². The Morgan fingerprint density at radius 3 is 2.14 bits per heavy atom. The lowest BCUT2D eigenvalue weighted by molar-refractivity contribution is 0.0643. The maximum Gasteiger partial charge on any atom is 0.254 e. The van der Waals surface area contributed by atoms with Crippen LogP contribution >= 0.6 is 0 Å². The molecule has 1 amide bonds. The van der Waals surface area contributed by atoms with Crippen molar-refractivity contribution in [3.8, 4) is 6.07 Å². The SMILES string of the molecule is CC(C)N(C(=O)c1ccc(N(c2cccc(C#N)c2)C2CCN(Cc3ccccc3)CC2)cc1)C(C)C. The molecular weight excluding hydrogens is 456 g/mol. The van der Waals surface area contributed by atoms with Gasteiger partial charge in [-0.15, -0.1) is 0 Å². The third-order valence-electron chi connectivity index (χ3n) is 7.16. The van der Waals surface area contributed by atoms with Gasteiger partial charge in [0.1, 0.15) is 0 Å². The molecule has 3 aromatic carbocycles. The van der Waals surface area contributed by atoms with Crippen molar-refractivity contribution in [2.45, 2.75) is 65.2 Å². The molecule has 0 radical (unpaired) electrons. The number of carbonyl (C=O) groups excluding carboxylic acids is 1. The second kappa shape index (κ2) is 12.1. The van der Waals surface area contributed by atoms with Crippen LogP contribution < -0.4 is 4.90 Å². The van der Waals surface area contributed by atoms with E-state index in [-0.39, 0.29) is 18.0 Å². The number of hydrogen-bond donors (Lipinski definition) is 0. The Morgan fingerprint density at radius 1 is 0.892 bits per heavy atom. The fourth-order valence-electron chi connectivity index (χ4n) is 5.45. The van der Waals surface area contributed by atoms with Crippen LogP contribution in [0.2, 0.25) is 0 Å². The molecule has 0 aromatic heterocycles. The maximum atomic E-state index is 13.2. The lowest BCUT2D eigenvalue weighted by atomic mass is 9.99. The summed E-state index contributed by atoms with van der Waals surface area (Å²) in [4.78, 5) is 20.0. The van der Waals surface area contributed by atoms with Crippen LogP contribution in [0.5, 0.6) is 0 Å². The monoisotopic (exact) mass is 494 g/mol. The van der Waals surface area contributed by atoms with Crippen molar-refractivity contribution in [3.63, 3.8) is 0 Å². The van der Waals surface area contributed by atoms with Gasteiger partial charge in [0.2, 0.25) is 0 Å². The standard InChI is InChI=1S/C32H38N4O/c1-24(2)35(25(3)4)32(37)28-13-15-29(16-14-28)36(31-12-8-11-27(21-31)22-33)30-17-19-34(20-18-30)23-26-9-6-5-7-10-26/h5-16,21,24-25,30H,17-20,23H2,1-4H3. The molecule has 192 valence electrons. The lowest BCUT2D eigenvalue weighted by Crippen LogP contribution is -2.43. The molecule has 1 aliphatic heterocycles. The van der Waals surface area contributed by atoms with Crippen molar-refractivity contribution in [1.82, 2.24) is 9.80 Å². The smallest absolute Gasteiger partial charge is 0.254 e. The summed E-state index contributed by atoms with van der Waals surface area (Å²) >= 11 is 0. The molecule has 0 atom stereocenters. The van der Waals surface area contributed by atoms with E-state index in [0.29, 0.717) is 17.2 Å². The summed E-state index contributed by atoms with van der Waals surface area (Å²) in [6.45, 7) is 11.2. The van der Waals surface area contributed by atoms with Gasteiger partial charge in [0.05, 0.1) is 11.6 Å². The summed E-state index contributed by atoms with van der Waals surface area (Å²) in [5.74, 6) is 0.0591. The van der Waals surface area contributed by atoms with Crippen molar-refractivity contribution in [2.24, 2.45) is 0 Å². The van der Waals surface area contributed by atoms with Crippen LogP contribution in [-0.4, -0.2) is 46.9 Å². The molecule has 1 saturated heterocycles. The highest BCUT2D eigenvalue weighted by atomic mass is 16.2. The largest absolute Gasteiger partial charge is 0.338 e. The lowest BCUT2D eigenvalue weighted by Gasteiger charge is -2.40. The average molecular weight is 495 g/mol. The normalized spacial score (nSPS) is 14.5. The Labute approximate surface area is 221 Å². The fraction of sp³-hybridized carbons (Fsp3) is 0.375. The molecule has 1 aliphatic rings. The van der Waals surface area contributed by atoms with Gasteiger partial charge in [-0.1, -0.05) is 36.4 Å². The number of benzene rings is 3. The zero-order valence-electron chi connectivity index (χ0n) is 22.5. The molecule has 1 fully saturated rings. The number of carbonyl (C=O) groups is 1. The number of nitrogens with zero attached hydrogens (tertiary/aromatic N) is 4. The first kappa shape index (κ1) is 26.4. The van der Waals surface area contributed by atoms with Crippen molar-refractivity contribution in [1.29, 1.82) is 5.26 Å². The predicted octanol–water partition coefficient (Wildman–Crippen LogP) is 6.62. The van der Waals surface area contributed by atoms with Gasteiger partial charge < -0.3 is 9.80 Å². The van der Waals surface area contributed by atoms with E-state index in [0.717, 1.165) is 43.9 Å². The van der Waals surface area contributed by atoms with Crippen molar-refractivity contribution < 1.29 is 4.79 Å². The topological polar surface area (TPSA) is 50.6 Å². The number of rotatable bonds is 8. The van der Waals surface area contributed by atoms with E-state index in [2.05, 4.69) is 92.1 Å². The van der Waals surface area contributed by atoms with Gasteiger partial charge in [-0.05, 0) is 88.6 Å². The Kier molecular flexibility index (Phi) is 8.63. The zero-order chi connectivity index (χ0) is 26.4. The van der Waals surface area contributed by atoms with Gasteiger partial charge in [0, 0.05) is 54.7 Å². The predicted molar refractivity (Wildman–Crippen MR) is 151 cm³/mol. The molecule has 5 nitrogen and oxygen atoms in total. The summed E-state index contributed by atoms with van der Waals surface area (Å²) in [5, 5.41) is 9.52. The van der Waals surface area contributed by atoms with E-state index in [9.17, 15) is 10.1 Å². The molecule has 0 aliphatic carbocycles. The third kappa shape index (κ3) is 6.39. The summed E-state index contributed by atoms with van der Waals surface area (Å²) in [7, 11) is 0. The van der Waals surface area contributed by atoms with Gasteiger partial charge in [0.15, 0.2) is 0 Å². The van der Waals surface area contributed by atoms with Gasteiger partial charge in [-0.2, -0.15) is 5.26 Å². The maximum absolute atomic E-state index is 13.2. The number of piperidine rings is 1. The Morgan fingerprint density at radius 2 is 1.54 bits per heavy atom. The van der Waals surface area contributed by atoms with Crippen LogP contribution in [0.1, 0.15) is 62.0 Å². The van der Waals surface area contributed by atoms with Crippen molar-refractivity contribution in [3.05, 3.63) is 95.6 Å². The van der Waals surface area contributed by atoms with Crippen LogP contribution in [-0.2, 0) is 6.54 Å². The number of amides is 1. The molecule has 3 aromatic rings. The zero-order valence-corrected chi connectivity index (χ0v) is 22.5. The molecule has 0 N–H and O–H groups in total. The van der Waals surface area contributed by atoms with E-state index in [1.165, 1.54) is 5.56 Å². The van der Waals surface area contributed by atoms with Crippen LogP contribution in [0.15, 0.2) is 78.9 Å². The molecule has 5 heteroatoms. The van der Waals surface area contributed by atoms with E-state index < -0.39 is 0 Å². The fourth-order valence-corrected chi connectivity index (χ4v) is 5.45. The van der Waals surface area contributed by atoms with Gasteiger partial charge >= 0.3 is 0 Å². The highest BCUT2D eigenvalue weighted by Crippen LogP contribution is 2.33. The summed E-state index contributed by atoms with van der Waals surface area (Å²) in [6, 6.07) is 29.4. The van der Waals surface area contributed by atoms with E-state index in [4.69, 9.17) is 0 Å². The summed E-state index contributed by atoms with van der Waals surface area (Å²) < 4.78 is 0. The molecule has 1 heterocycles. The van der Waals surface area contributed by atoms with E-state index >= 15 is 0 Å². The summed E-state index contributed by atoms with van der Waals surface area (Å²) in [6.07, 6.45) is 2.05. The van der Waals surface area contributed by atoms with Crippen LogP contribution in [0.4, 0.5) is 11.4 Å². The highest BCUT2D eigenvalue weighted by Gasteiger charge is 2.27. The van der Waals surface area contributed by atoms with Crippen LogP contribution in [0.3, 0.4) is 0 Å². The van der Waals surface area contributed by atoms with Crippen molar-refractivity contribution >= 4 is 17.3 Å². The molecular formula is C32H38N4O. The molecule has 0 spiro atoms. The first-order valence-electron chi connectivity index (χ1n) is 13.4. The van der Waals surface area contributed by atoms with Gasteiger partial charge in [-0.3, -0.25) is 9.69 Å². The number of likely N-dealkylation sites (tertiary alicyclic amines) is 1. The molecule has 0 bridgehead atoms. The minimum Gasteiger partial charge on any atom is -0.338 e. The minimum atomic E-state index is 0.0591. The molecule has 0 unspecified atom stereocenters. The quantitative estimate of drug-likeness (QED) is 0.353. The molecule has 37 heavy (non-hydrogen) atoms. The highest BCUT2D eigenvalue weighted by molar-refractivity contribution is 5.95. The average Bonchev–Trinajstić information content (AvgIpc) is 2.90. The number of hydrogen-bond acceptors (Lipinski definition) is 4. The first-order chi connectivity index (χ1) is 17.9. The van der Waals surface area contributed by atoms with E-state index in [1.54, 1.807) is 0 Å². The van der Waals surface area contributed by atoms with Gasteiger partial charge in [0.25, 0.3) is 5.91 Å². The van der Waals surface area contributed by atoms with Crippen LogP contribution in [0.25, 0.3) is 0 Å². The minimum absolute atomic E-state index is 0.0591. The molecule has 0 saturated carbocycles. The first-order valence-corrected chi connectivity index (χ1v) is 13.4. The Hall–Kier alpha value is -3.62. The second-order valence-electron chi connectivity index (χ2n) is 10.5. The molecule has 4 rings (SSSR count). The number of anilines is 2. The second-order valence-corrected chi connectivity index (χ2v) is 10.5.